The van der Waals surface area contributed by atoms with Crippen molar-refractivity contribution in [1.29, 1.82) is 5.26 Å². The molecular formula is C14H10ClN3O2. The minimum absolute atomic E-state index is 0.0266. The van der Waals surface area contributed by atoms with Crippen LogP contribution in [0.2, 0.25) is 5.02 Å². The Morgan fingerprint density at radius 2 is 1.90 bits per heavy atom. The molecule has 0 aromatic heterocycles. The zero-order chi connectivity index (χ0) is 14.7. The molecule has 0 amide bonds. The highest BCUT2D eigenvalue weighted by molar-refractivity contribution is 6.31. The lowest BCUT2D eigenvalue weighted by Crippen LogP contribution is -2.11. The Morgan fingerprint density at radius 1 is 1.25 bits per heavy atom. The number of hydrogen-bond donors (Lipinski definition) is 0. The number of nitriles is 1. The molecule has 20 heavy (non-hydrogen) atoms. The third-order valence-electron chi connectivity index (χ3n) is 2.88. The molecule has 0 saturated carbocycles. The summed E-state index contributed by atoms with van der Waals surface area (Å²) in [6, 6.07) is 13.2. The summed E-state index contributed by atoms with van der Waals surface area (Å²) in [6.45, 7) is 0. The summed E-state index contributed by atoms with van der Waals surface area (Å²) >= 11 is 5.91. The quantitative estimate of drug-likeness (QED) is 0.634. The van der Waals surface area contributed by atoms with Crippen LogP contribution in [0.15, 0.2) is 42.5 Å². The van der Waals surface area contributed by atoms with Crippen molar-refractivity contribution in [3.8, 4) is 6.07 Å². The van der Waals surface area contributed by atoms with Crippen molar-refractivity contribution in [3.63, 3.8) is 0 Å². The molecule has 2 rings (SSSR count). The lowest BCUT2D eigenvalue weighted by atomic mass is 10.2. The highest BCUT2D eigenvalue weighted by atomic mass is 35.5. The Labute approximate surface area is 120 Å². The van der Waals surface area contributed by atoms with E-state index in [0.717, 1.165) is 5.69 Å². The molecule has 5 nitrogen and oxygen atoms in total. The normalized spacial score (nSPS) is 9.85. The summed E-state index contributed by atoms with van der Waals surface area (Å²) in [6.07, 6.45) is 0. The molecule has 0 bridgehead atoms. The van der Waals surface area contributed by atoms with Crippen molar-refractivity contribution in [1.82, 2.24) is 0 Å². The van der Waals surface area contributed by atoms with E-state index in [1.54, 1.807) is 36.2 Å². The Kier molecular flexibility index (Phi) is 3.87. The molecule has 2 aromatic rings. The molecule has 0 fully saturated rings. The van der Waals surface area contributed by atoms with Crippen molar-refractivity contribution in [2.75, 3.05) is 11.9 Å². The second kappa shape index (κ2) is 5.59. The standard InChI is InChI=1S/C14H10ClN3O2/c1-17(12-5-2-10(9-16)3-6-12)14-8-11(15)4-7-13(14)18(19)20/h2-8H,1H3. The Morgan fingerprint density at radius 3 is 2.45 bits per heavy atom. The Hall–Kier alpha value is -2.58. The zero-order valence-electron chi connectivity index (χ0n) is 10.6. The molecule has 6 heteroatoms. The van der Waals surface area contributed by atoms with Crippen molar-refractivity contribution >= 4 is 28.7 Å². The molecule has 0 aliphatic rings. The summed E-state index contributed by atoms with van der Waals surface area (Å²) in [7, 11) is 1.71. The number of anilines is 2. The molecule has 0 saturated heterocycles. The number of nitrogens with zero attached hydrogens (tertiary/aromatic N) is 3. The summed E-state index contributed by atoms with van der Waals surface area (Å²) < 4.78 is 0. The molecule has 0 aliphatic carbocycles. The van der Waals surface area contributed by atoms with Crippen molar-refractivity contribution in [2.24, 2.45) is 0 Å². The molecule has 0 aliphatic heterocycles. The summed E-state index contributed by atoms with van der Waals surface area (Å²) in [5.74, 6) is 0. The number of benzene rings is 2. The van der Waals surface area contributed by atoms with E-state index in [9.17, 15) is 10.1 Å². The number of hydrogen-bond acceptors (Lipinski definition) is 4. The van der Waals surface area contributed by atoms with Crippen LogP contribution in [0.25, 0.3) is 0 Å². The average Bonchev–Trinajstić information content (AvgIpc) is 2.46. The van der Waals surface area contributed by atoms with Crippen LogP contribution < -0.4 is 4.90 Å². The Bertz CT molecular complexity index is 693. The fourth-order valence-electron chi connectivity index (χ4n) is 1.82. The first kappa shape index (κ1) is 13.8. The van der Waals surface area contributed by atoms with Crippen molar-refractivity contribution in [2.45, 2.75) is 0 Å². The van der Waals surface area contributed by atoms with Gasteiger partial charge >= 0.3 is 0 Å². The maximum Gasteiger partial charge on any atom is 0.292 e. The predicted octanol–water partition coefficient (Wildman–Crippen LogP) is 3.89. The van der Waals surface area contributed by atoms with E-state index >= 15 is 0 Å². The molecule has 100 valence electrons. The summed E-state index contributed by atoms with van der Waals surface area (Å²) in [5.41, 5.74) is 1.63. The third kappa shape index (κ3) is 2.71. The molecule has 0 heterocycles. The first-order valence-electron chi connectivity index (χ1n) is 5.71. The van der Waals surface area contributed by atoms with Gasteiger partial charge in [0.1, 0.15) is 5.69 Å². The highest BCUT2D eigenvalue weighted by Crippen LogP contribution is 2.34. The molecule has 0 unspecified atom stereocenters. The highest BCUT2D eigenvalue weighted by Gasteiger charge is 2.18. The SMILES string of the molecule is CN(c1ccc(C#N)cc1)c1cc(Cl)ccc1[N+](=O)[O-]. The van der Waals surface area contributed by atoms with Crippen molar-refractivity contribution in [3.05, 3.63) is 63.2 Å². The number of nitro benzene ring substituents is 1. The van der Waals surface area contributed by atoms with Gasteiger partial charge in [0, 0.05) is 23.8 Å². The summed E-state index contributed by atoms with van der Waals surface area (Å²) in [4.78, 5) is 12.3. The minimum atomic E-state index is -0.453. The first-order chi connectivity index (χ1) is 9.52. The van der Waals surface area contributed by atoms with Crippen LogP contribution in [-0.2, 0) is 0 Å². The van der Waals surface area contributed by atoms with Crippen LogP contribution in [0, 0.1) is 21.4 Å². The van der Waals surface area contributed by atoms with Gasteiger partial charge in [0.2, 0.25) is 0 Å². The summed E-state index contributed by atoms with van der Waals surface area (Å²) in [5, 5.41) is 20.3. The van der Waals surface area contributed by atoms with Crippen LogP contribution in [-0.4, -0.2) is 12.0 Å². The molecule has 0 radical (unpaired) electrons. The van der Waals surface area contributed by atoms with Gasteiger partial charge in [-0.15, -0.1) is 0 Å². The smallest absolute Gasteiger partial charge is 0.292 e. The molecule has 0 atom stereocenters. The van der Waals surface area contributed by atoms with Gasteiger partial charge in [0.25, 0.3) is 5.69 Å². The van der Waals surface area contributed by atoms with Crippen LogP contribution in [0.4, 0.5) is 17.1 Å². The fourth-order valence-corrected chi connectivity index (χ4v) is 1.98. The molecular weight excluding hydrogens is 278 g/mol. The van der Waals surface area contributed by atoms with Crippen LogP contribution in [0.5, 0.6) is 0 Å². The van der Waals surface area contributed by atoms with Gasteiger partial charge in [-0.3, -0.25) is 10.1 Å². The number of halogens is 1. The van der Waals surface area contributed by atoms with Gasteiger partial charge in [0.05, 0.1) is 16.6 Å². The van der Waals surface area contributed by atoms with E-state index < -0.39 is 4.92 Å². The largest absolute Gasteiger partial charge is 0.339 e. The number of nitro groups is 1. The fraction of sp³-hybridized carbons (Fsp3) is 0.0714. The van der Waals surface area contributed by atoms with Crippen LogP contribution in [0.1, 0.15) is 5.56 Å². The lowest BCUT2D eigenvalue weighted by molar-refractivity contribution is -0.384. The second-order valence-electron chi connectivity index (χ2n) is 4.11. The van der Waals surface area contributed by atoms with E-state index in [4.69, 9.17) is 16.9 Å². The maximum atomic E-state index is 11.1. The van der Waals surface area contributed by atoms with Gasteiger partial charge in [0.15, 0.2) is 0 Å². The predicted molar refractivity (Wildman–Crippen MR) is 77.3 cm³/mol. The average molecular weight is 288 g/mol. The van der Waals surface area contributed by atoms with Gasteiger partial charge in [-0.05, 0) is 36.4 Å². The van der Waals surface area contributed by atoms with E-state index in [1.165, 1.54) is 18.2 Å². The van der Waals surface area contributed by atoms with Crippen LogP contribution in [0.3, 0.4) is 0 Å². The van der Waals surface area contributed by atoms with Gasteiger partial charge in [-0.25, -0.2) is 0 Å². The van der Waals surface area contributed by atoms with Gasteiger partial charge in [-0.1, -0.05) is 11.6 Å². The first-order valence-corrected chi connectivity index (χ1v) is 6.08. The monoisotopic (exact) mass is 287 g/mol. The van der Waals surface area contributed by atoms with Crippen molar-refractivity contribution < 1.29 is 4.92 Å². The molecule has 0 spiro atoms. The van der Waals surface area contributed by atoms with E-state index in [2.05, 4.69) is 0 Å². The molecule has 2 aromatic carbocycles. The van der Waals surface area contributed by atoms with Gasteiger partial charge in [-0.2, -0.15) is 5.26 Å². The second-order valence-corrected chi connectivity index (χ2v) is 4.54. The minimum Gasteiger partial charge on any atom is -0.339 e. The zero-order valence-corrected chi connectivity index (χ0v) is 11.3. The Balaban J connectivity index is 2.46. The van der Waals surface area contributed by atoms with E-state index in [0.29, 0.717) is 16.3 Å². The third-order valence-corrected chi connectivity index (χ3v) is 3.11. The maximum absolute atomic E-state index is 11.1. The topological polar surface area (TPSA) is 70.2 Å². The lowest BCUT2D eigenvalue weighted by Gasteiger charge is -2.19. The van der Waals surface area contributed by atoms with Gasteiger partial charge < -0.3 is 4.90 Å². The molecule has 0 N–H and O–H groups in total. The number of rotatable bonds is 3. The van der Waals surface area contributed by atoms with Crippen LogP contribution >= 0.6 is 11.6 Å². The van der Waals surface area contributed by atoms with E-state index in [-0.39, 0.29) is 5.69 Å². The van der Waals surface area contributed by atoms with E-state index in [1.807, 2.05) is 6.07 Å².